The molecule has 0 saturated carbocycles. The van der Waals surface area contributed by atoms with Gasteiger partial charge in [0, 0.05) is 53.8 Å². The van der Waals surface area contributed by atoms with Crippen LogP contribution < -0.4 is 4.90 Å². The number of hydrogen-bond donors (Lipinski definition) is 0. The first-order valence-corrected chi connectivity index (χ1v) is 17.4. The monoisotopic (exact) mass is 643 g/mol. The molecule has 0 bridgehead atoms. The largest absolute Gasteiger partial charge is 0.456 e. The Morgan fingerprint density at radius 3 is 1.90 bits per heavy atom. The minimum absolute atomic E-state index is 0.871. The molecular weight excluding hydrogens is 615 g/mol. The lowest BCUT2D eigenvalue weighted by molar-refractivity contribution is 0.669. The fourth-order valence-corrected chi connectivity index (χ4v) is 8.57. The van der Waals surface area contributed by atoms with Crippen LogP contribution >= 0.6 is 11.3 Å². The van der Waals surface area contributed by atoms with Crippen LogP contribution in [0.25, 0.3) is 75.1 Å². The van der Waals surface area contributed by atoms with E-state index in [2.05, 4.69) is 169 Å². The lowest BCUT2D eigenvalue weighted by Crippen LogP contribution is -2.12. The number of anilines is 3. The standard InChI is InChI=1S/C46H29NOS/c1-2-14-33-30(12-1)13-11-19-35(33)36-16-4-8-21-42(36)47(32-25-27-38-37-17-5-9-22-43(37)48-44(38)29-32)41-20-7-3-15-34(41)31-24-26-40-39-18-6-10-23-45(39)49-46(40)28-31/h1-29H. The molecule has 0 fully saturated rings. The van der Waals surface area contributed by atoms with Gasteiger partial charge in [-0.15, -0.1) is 11.3 Å². The molecule has 0 aliphatic rings. The summed E-state index contributed by atoms with van der Waals surface area (Å²) in [7, 11) is 0. The number of nitrogens with zero attached hydrogens (tertiary/aromatic N) is 1. The van der Waals surface area contributed by atoms with E-state index in [1.807, 2.05) is 23.5 Å². The number of para-hydroxylation sites is 3. The number of hydrogen-bond acceptors (Lipinski definition) is 3. The Morgan fingerprint density at radius 2 is 1.00 bits per heavy atom. The van der Waals surface area contributed by atoms with Crippen molar-refractivity contribution in [2.24, 2.45) is 0 Å². The number of benzene rings is 8. The molecular formula is C46H29NOS. The molecule has 0 aliphatic heterocycles. The van der Waals surface area contributed by atoms with E-state index in [4.69, 9.17) is 4.42 Å². The van der Waals surface area contributed by atoms with E-state index in [1.54, 1.807) is 0 Å². The average Bonchev–Trinajstić information content (AvgIpc) is 3.73. The third-order valence-electron chi connectivity index (χ3n) is 9.68. The van der Waals surface area contributed by atoms with Crippen LogP contribution in [0.5, 0.6) is 0 Å². The molecule has 0 unspecified atom stereocenters. The highest BCUT2D eigenvalue weighted by atomic mass is 32.1. The summed E-state index contributed by atoms with van der Waals surface area (Å²) in [5.74, 6) is 0. The Labute approximate surface area is 287 Å². The highest BCUT2D eigenvalue weighted by molar-refractivity contribution is 7.25. The summed E-state index contributed by atoms with van der Waals surface area (Å²) in [4.78, 5) is 2.41. The second kappa shape index (κ2) is 11.2. The summed E-state index contributed by atoms with van der Waals surface area (Å²) in [6.07, 6.45) is 0. The van der Waals surface area contributed by atoms with Crippen LogP contribution in [-0.2, 0) is 0 Å². The number of thiophene rings is 1. The van der Waals surface area contributed by atoms with E-state index in [0.29, 0.717) is 0 Å². The van der Waals surface area contributed by atoms with Gasteiger partial charge >= 0.3 is 0 Å². The minimum Gasteiger partial charge on any atom is -0.456 e. The maximum atomic E-state index is 6.45. The van der Waals surface area contributed by atoms with Gasteiger partial charge in [0.25, 0.3) is 0 Å². The summed E-state index contributed by atoms with van der Waals surface area (Å²) in [6, 6.07) is 63.3. The molecule has 49 heavy (non-hydrogen) atoms. The predicted molar refractivity (Wildman–Crippen MR) is 210 cm³/mol. The van der Waals surface area contributed by atoms with E-state index < -0.39 is 0 Å². The molecule has 230 valence electrons. The third-order valence-corrected chi connectivity index (χ3v) is 10.8. The van der Waals surface area contributed by atoms with Crippen molar-refractivity contribution in [3.05, 3.63) is 176 Å². The van der Waals surface area contributed by atoms with Gasteiger partial charge in [0.05, 0.1) is 11.4 Å². The first kappa shape index (κ1) is 27.9. The molecule has 8 aromatic carbocycles. The van der Waals surface area contributed by atoms with Crippen LogP contribution in [-0.4, -0.2) is 0 Å². The van der Waals surface area contributed by atoms with Crippen LogP contribution in [0.1, 0.15) is 0 Å². The number of rotatable bonds is 5. The number of fused-ring (bicyclic) bond motifs is 7. The van der Waals surface area contributed by atoms with Crippen molar-refractivity contribution in [3.8, 4) is 22.3 Å². The Morgan fingerprint density at radius 1 is 0.388 bits per heavy atom. The third kappa shape index (κ3) is 4.55. The summed E-state index contributed by atoms with van der Waals surface area (Å²) < 4.78 is 9.06. The van der Waals surface area contributed by atoms with Crippen molar-refractivity contribution in [1.29, 1.82) is 0 Å². The molecule has 2 aromatic heterocycles. The Balaban J connectivity index is 1.23. The van der Waals surface area contributed by atoms with E-state index >= 15 is 0 Å². The van der Waals surface area contributed by atoms with Crippen LogP contribution in [0.15, 0.2) is 180 Å². The smallest absolute Gasteiger partial charge is 0.137 e. The summed E-state index contributed by atoms with van der Waals surface area (Å²) in [6.45, 7) is 0. The Bertz CT molecular complexity index is 2850. The summed E-state index contributed by atoms with van der Waals surface area (Å²) >= 11 is 1.86. The van der Waals surface area contributed by atoms with E-state index in [0.717, 1.165) is 39.0 Å². The Kier molecular flexibility index (Phi) is 6.39. The zero-order valence-corrected chi connectivity index (χ0v) is 27.3. The van der Waals surface area contributed by atoms with Crippen molar-refractivity contribution in [3.63, 3.8) is 0 Å². The quantitative estimate of drug-likeness (QED) is 0.186. The molecule has 3 heteroatoms. The normalized spacial score (nSPS) is 11.7. The van der Waals surface area contributed by atoms with Crippen molar-refractivity contribution in [2.45, 2.75) is 0 Å². The Hall–Kier alpha value is -6.16. The molecule has 0 saturated heterocycles. The van der Waals surface area contributed by atoms with E-state index in [1.165, 1.54) is 53.2 Å². The molecule has 10 aromatic rings. The zero-order valence-electron chi connectivity index (χ0n) is 26.5. The van der Waals surface area contributed by atoms with E-state index in [9.17, 15) is 0 Å². The van der Waals surface area contributed by atoms with E-state index in [-0.39, 0.29) is 0 Å². The fraction of sp³-hybridized carbons (Fsp3) is 0. The van der Waals surface area contributed by atoms with Crippen LogP contribution in [0.3, 0.4) is 0 Å². The average molecular weight is 644 g/mol. The van der Waals surface area contributed by atoms with Gasteiger partial charge in [0.1, 0.15) is 11.2 Å². The van der Waals surface area contributed by atoms with Crippen molar-refractivity contribution in [2.75, 3.05) is 4.90 Å². The lowest BCUT2D eigenvalue weighted by atomic mass is 9.95. The highest BCUT2D eigenvalue weighted by Gasteiger charge is 2.22. The van der Waals surface area contributed by atoms with Gasteiger partial charge in [0.15, 0.2) is 0 Å². The van der Waals surface area contributed by atoms with Gasteiger partial charge in [-0.3, -0.25) is 0 Å². The van der Waals surface area contributed by atoms with Crippen molar-refractivity contribution in [1.82, 2.24) is 0 Å². The molecule has 2 heterocycles. The molecule has 0 atom stereocenters. The SMILES string of the molecule is c1ccc(N(c2ccc3c(c2)oc2ccccc23)c2ccccc2-c2cccc3ccccc23)c(-c2ccc3c(c2)sc2ccccc23)c1. The van der Waals surface area contributed by atoms with Crippen molar-refractivity contribution >= 4 is 81.3 Å². The molecule has 10 rings (SSSR count). The first-order valence-electron chi connectivity index (χ1n) is 16.6. The van der Waals surface area contributed by atoms with Crippen LogP contribution in [0, 0.1) is 0 Å². The van der Waals surface area contributed by atoms with Gasteiger partial charge in [-0.25, -0.2) is 0 Å². The molecule has 0 aliphatic carbocycles. The van der Waals surface area contributed by atoms with Gasteiger partial charge < -0.3 is 9.32 Å². The highest BCUT2D eigenvalue weighted by Crippen LogP contribution is 2.47. The summed E-state index contributed by atoms with van der Waals surface area (Å²) in [5.41, 5.74) is 9.73. The molecule has 0 N–H and O–H groups in total. The molecule has 2 nitrogen and oxygen atoms in total. The first-order chi connectivity index (χ1) is 24.3. The minimum atomic E-state index is 0.871. The lowest BCUT2D eigenvalue weighted by Gasteiger charge is -2.30. The zero-order chi connectivity index (χ0) is 32.3. The fourth-order valence-electron chi connectivity index (χ4n) is 7.42. The second-order valence-electron chi connectivity index (χ2n) is 12.5. The second-order valence-corrected chi connectivity index (χ2v) is 13.6. The van der Waals surface area contributed by atoms with Crippen LogP contribution in [0.2, 0.25) is 0 Å². The maximum absolute atomic E-state index is 6.45. The molecule has 0 spiro atoms. The van der Waals surface area contributed by atoms with Gasteiger partial charge in [-0.05, 0) is 64.4 Å². The van der Waals surface area contributed by atoms with Crippen molar-refractivity contribution < 1.29 is 4.42 Å². The predicted octanol–water partition coefficient (Wildman–Crippen LogP) is 13.9. The molecule has 0 amide bonds. The van der Waals surface area contributed by atoms with Gasteiger partial charge in [0.2, 0.25) is 0 Å². The van der Waals surface area contributed by atoms with Gasteiger partial charge in [-0.1, -0.05) is 127 Å². The number of furan rings is 1. The van der Waals surface area contributed by atoms with Gasteiger partial charge in [-0.2, -0.15) is 0 Å². The maximum Gasteiger partial charge on any atom is 0.137 e. The van der Waals surface area contributed by atoms with Crippen LogP contribution in [0.4, 0.5) is 17.1 Å². The topological polar surface area (TPSA) is 16.4 Å². The summed E-state index contributed by atoms with van der Waals surface area (Å²) in [5, 5.41) is 7.31. The molecule has 0 radical (unpaired) electrons.